The van der Waals surface area contributed by atoms with E-state index in [1.54, 1.807) is 0 Å². The van der Waals surface area contributed by atoms with E-state index in [1.807, 2.05) is 0 Å². The lowest BCUT2D eigenvalue weighted by molar-refractivity contribution is 0.0228. The first-order valence-corrected chi connectivity index (χ1v) is 7.98. The van der Waals surface area contributed by atoms with Crippen LogP contribution in [0.2, 0.25) is 0 Å². The minimum Gasteiger partial charge on any atom is -0.329 e. The summed E-state index contributed by atoms with van der Waals surface area (Å²) >= 11 is 0. The summed E-state index contributed by atoms with van der Waals surface area (Å²) in [7, 11) is 0. The van der Waals surface area contributed by atoms with Gasteiger partial charge >= 0.3 is 0 Å². The van der Waals surface area contributed by atoms with Crippen LogP contribution in [0.3, 0.4) is 0 Å². The number of likely N-dealkylation sites (tertiary alicyclic amines) is 2. The van der Waals surface area contributed by atoms with E-state index < -0.39 is 0 Å². The molecule has 0 spiro atoms. The van der Waals surface area contributed by atoms with E-state index in [9.17, 15) is 0 Å². The van der Waals surface area contributed by atoms with E-state index in [4.69, 9.17) is 5.73 Å². The fraction of sp³-hybridized carbons (Fsp3) is 1.00. The van der Waals surface area contributed by atoms with Crippen molar-refractivity contribution < 1.29 is 0 Å². The molecule has 0 atom stereocenters. The molecule has 3 nitrogen and oxygen atoms in total. The molecule has 2 N–H and O–H groups in total. The molecule has 2 fully saturated rings. The number of rotatable bonds is 3. The minimum absolute atomic E-state index is 0.322. The summed E-state index contributed by atoms with van der Waals surface area (Å²) in [4.78, 5) is 5.32. The van der Waals surface area contributed by atoms with E-state index in [1.165, 1.54) is 77.7 Å². The van der Waals surface area contributed by atoms with Crippen molar-refractivity contribution in [3.63, 3.8) is 0 Å². The highest BCUT2D eigenvalue weighted by Gasteiger charge is 2.38. The quantitative estimate of drug-likeness (QED) is 0.836. The van der Waals surface area contributed by atoms with E-state index in [0.717, 1.165) is 6.54 Å². The Morgan fingerprint density at radius 3 is 1.94 bits per heavy atom. The van der Waals surface area contributed by atoms with Crippen molar-refractivity contribution in [1.82, 2.24) is 9.80 Å². The number of piperidine rings is 1. The number of hydrogen-bond donors (Lipinski definition) is 1. The summed E-state index contributed by atoms with van der Waals surface area (Å²) in [5, 5.41) is 0. The van der Waals surface area contributed by atoms with Gasteiger partial charge in [0, 0.05) is 12.1 Å². The molecule has 0 amide bonds. The monoisotopic (exact) mass is 253 g/mol. The van der Waals surface area contributed by atoms with E-state index in [2.05, 4.69) is 16.7 Å². The number of nitrogens with zero attached hydrogens (tertiary/aromatic N) is 2. The Bertz CT molecular complexity index is 226. The van der Waals surface area contributed by atoms with Crippen molar-refractivity contribution in [2.45, 2.75) is 57.4 Å². The average Bonchev–Trinajstić information content (AvgIpc) is 2.38. The normalized spacial score (nSPS) is 27.7. The van der Waals surface area contributed by atoms with Crippen molar-refractivity contribution in [3.8, 4) is 0 Å². The first-order chi connectivity index (χ1) is 8.80. The predicted octanol–water partition coefficient (Wildman–Crippen LogP) is 2.07. The van der Waals surface area contributed by atoms with Gasteiger partial charge in [0.1, 0.15) is 0 Å². The van der Waals surface area contributed by atoms with E-state index >= 15 is 0 Å². The van der Waals surface area contributed by atoms with Crippen LogP contribution in [0.5, 0.6) is 0 Å². The lowest BCUT2D eigenvalue weighted by Crippen LogP contribution is -2.60. The molecular weight excluding hydrogens is 222 g/mol. The zero-order valence-corrected chi connectivity index (χ0v) is 12.2. The molecule has 0 saturated carbocycles. The number of hydrogen-bond acceptors (Lipinski definition) is 3. The third-order valence-electron chi connectivity index (χ3n) is 5.14. The van der Waals surface area contributed by atoms with Crippen molar-refractivity contribution in [1.29, 1.82) is 0 Å². The molecule has 18 heavy (non-hydrogen) atoms. The molecule has 106 valence electrons. The van der Waals surface area contributed by atoms with Gasteiger partial charge in [-0.15, -0.1) is 0 Å². The minimum atomic E-state index is 0.322. The molecule has 0 radical (unpaired) electrons. The smallest absolute Gasteiger partial charge is 0.0356 e. The third-order valence-corrected chi connectivity index (χ3v) is 5.14. The highest BCUT2D eigenvalue weighted by molar-refractivity contribution is 4.96. The Hall–Kier alpha value is -0.120. The van der Waals surface area contributed by atoms with Gasteiger partial charge in [0.15, 0.2) is 0 Å². The van der Waals surface area contributed by atoms with Gasteiger partial charge in [-0.1, -0.05) is 26.2 Å². The van der Waals surface area contributed by atoms with Crippen LogP contribution in [0.4, 0.5) is 0 Å². The molecule has 2 heterocycles. The zero-order valence-electron chi connectivity index (χ0n) is 12.2. The van der Waals surface area contributed by atoms with Crippen molar-refractivity contribution in [3.05, 3.63) is 0 Å². The van der Waals surface area contributed by atoms with Crippen LogP contribution in [0.1, 0.15) is 51.9 Å². The Kier molecular flexibility index (Phi) is 5.46. The molecule has 0 bridgehead atoms. The summed E-state index contributed by atoms with van der Waals surface area (Å²) in [5.74, 6) is 0. The highest BCUT2D eigenvalue weighted by Crippen LogP contribution is 2.30. The second kappa shape index (κ2) is 6.88. The van der Waals surface area contributed by atoms with Gasteiger partial charge in [0.25, 0.3) is 0 Å². The van der Waals surface area contributed by atoms with Gasteiger partial charge in [-0.05, 0) is 58.4 Å². The maximum atomic E-state index is 6.19. The SMILES string of the molecule is CCN1CCC(CN)(N2CCCCCCC2)CC1. The van der Waals surface area contributed by atoms with Gasteiger partial charge in [-0.3, -0.25) is 4.90 Å². The fourth-order valence-corrected chi connectivity index (χ4v) is 3.66. The van der Waals surface area contributed by atoms with Gasteiger partial charge in [0.05, 0.1) is 0 Å². The molecule has 2 saturated heterocycles. The lowest BCUT2D eigenvalue weighted by atomic mass is 9.84. The van der Waals surface area contributed by atoms with Crippen LogP contribution >= 0.6 is 0 Å². The van der Waals surface area contributed by atoms with Crippen LogP contribution < -0.4 is 5.73 Å². The van der Waals surface area contributed by atoms with Gasteiger partial charge in [-0.2, -0.15) is 0 Å². The first-order valence-electron chi connectivity index (χ1n) is 7.98. The van der Waals surface area contributed by atoms with Crippen LogP contribution in [0.25, 0.3) is 0 Å². The molecule has 0 aromatic heterocycles. The van der Waals surface area contributed by atoms with Crippen molar-refractivity contribution in [2.24, 2.45) is 5.73 Å². The van der Waals surface area contributed by atoms with Crippen molar-refractivity contribution in [2.75, 3.05) is 39.3 Å². The summed E-state index contributed by atoms with van der Waals surface area (Å²) in [5.41, 5.74) is 6.51. The average molecular weight is 253 g/mol. The molecule has 0 unspecified atom stereocenters. The van der Waals surface area contributed by atoms with Gasteiger partial charge in [-0.25, -0.2) is 0 Å². The molecule has 2 rings (SSSR count). The Morgan fingerprint density at radius 1 is 0.889 bits per heavy atom. The highest BCUT2D eigenvalue weighted by atomic mass is 15.2. The largest absolute Gasteiger partial charge is 0.329 e. The second-order valence-electron chi connectivity index (χ2n) is 6.12. The van der Waals surface area contributed by atoms with E-state index in [0.29, 0.717) is 5.54 Å². The summed E-state index contributed by atoms with van der Waals surface area (Å²) < 4.78 is 0. The Labute approximate surface area is 113 Å². The van der Waals surface area contributed by atoms with Gasteiger partial charge < -0.3 is 10.6 Å². The summed E-state index contributed by atoms with van der Waals surface area (Å²) in [6.07, 6.45) is 9.57. The predicted molar refractivity (Wildman–Crippen MR) is 77.8 cm³/mol. The lowest BCUT2D eigenvalue weighted by Gasteiger charge is -2.49. The van der Waals surface area contributed by atoms with Crippen LogP contribution in [-0.4, -0.2) is 54.6 Å². The molecule has 3 heteroatoms. The number of nitrogens with two attached hydrogens (primary N) is 1. The molecule has 2 aliphatic rings. The first kappa shape index (κ1) is 14.3. The molecule has 0 aromatic rings. The fourth-order valence-electron chi connectivity index (χ4n) is 3.66. The third kappa shape index (κ3) is 3.25. The zero-order chi connectivity index (χ0) is 12.8. The molecule has 2 aliphatic heterocycles. The maximum absolute atomic E-state index is 6.19. The maximum Gasteiger partial charge on any atom is 0.0356 e. The molecular formula is C15H31N3. The Morgan fingerprint density at radius 2 is 1.44 bits per heavy atom. The van der Waals surface area contributed by atoms with E-state index in [-0.39, 0.29) is 0 Å². The molecule has 0 aromatic carbocycles. The van der Waals surface area contributed by atoms with Gasteiger partial charge in [0.2, 0.25) is 0 Å². The topological polar surface area (TPSA) is 32.5 Å². The van der Waals surface area contributed by atoms with Crippen molar-refractivity contribution >= 4 is 0 Å². The summed E-state index contributed by atoms with van der Waals surface area (Å²) in [6, 6.07) is 0. The summed E-state index contributed by atoms with van der Waals surface area (Å²) in [6.45, 7) is 9.36. The molecule has 0 aliphatic carbocycles. The van der Waals surface area contributed by atoms with Crippen LogP contribution in [0.15, 0.2) is 0 Å². The van der Waals surface area contributed by atoms with Crippen LogP contribution in [0, 0.1) is 0 Å². The Balaban J connectivity index is 1.97. The standard InChI is InChI=1S/C15H31N3/c1-2-17-12-8-15(14-16,9-13-17)18-10-6-4-3-5-7-11-18/h2-14,16H2,1H3. The second-order valence-corrected chi connectivity index (χ2v) is 6.12. The van der Waals surface area contributed by atoms with Crippen LogP contribution in [-0.2, 0) is 0 Å².